The fourth-order valence-corrected chi connectivity index (χ4v) is 3.15. The molecule has 0 aliphatic carbocycles. The molecular weight excluding hydrogens is 406 g/mol. The van der Waals surface area contributed by atoms with Gasteiger partial charge in [-0.25, -0.2) is 9.86 Å². The molecule has 1 atom stereocenters. The Morgan fingerprint density at radius 2 is 1.69 bits per heavy atom. The third-order valence-electron chi connectivity index (χ3n) is 4.78. The van der Waals surface area contributed by atoms with Gasteiger partial charge in [0.25, 0.3) is 5.91 Å². The van der Waals surface area contributed by atoms with Gasteiger partial charge in [0.1, 0.15) is 18.2 Å². The molecule has 7 heteroatoms. The van der Waals surface area contributed by atoms with E-state index in [0.29, 0.717) is 19.6 Å². The first-order valence-electron chi connectivity index (χ1n) is 11.7. The Hall–Kier alpha value is -2.12. The molecule has 0 spiro atoms. The number of carbonyl (C=O) groups is 2. The highest BCUT2D eigenvalue weighted by atomic mass is 16.7. The van der Waals surface area contributed by atoms with Crippen molar-refractivity contribution in [3.8, 4) is 0 Å². The van der Waals surface area contributed by atoms with Crippen LogP contribution in [0.25, 0.3) is 0 Å². The summed E-state index contributed by atoms with van der Waals surface area (Å²) in [6, 6.07) is 9.07. The Balaban J connectivity index is 2.89. The SMILES string of the molecule is CCCCCCC(NC(=O)OC(C)(C)C)C(=O)N(CCCN(C)C)OCc1ccccc1. The van der Waals surface area contributed by atoms with E-state index in [0.717, 1.165) is 44.2 Å². The van der Waals surface area contributed by atoms with Gasteiger partial charge in [0, 0.05) is 6.54 Å². The highest BCUT2D eigenvalue weighted by Gasteiger charge is 2.28. The summed E-state index contributed by atoms with van der Waals surface area (Å²) in [6.07, 6.45) is 4.81. The van der Waals surface area contributed by atoms with E-state index < -0.39 is 17.7 Å². The van der Waals surface area contributed by atoms with Crippen LogP contribution in [0.15, 0.2) is 30.3 Å². The Morgan fingerprint density at radius 1 is 1.00 bits per heavy atom. The van der Waals surface area contributed by atoms with E-state index >= 15 is 0 Å². The number of unbranched alkanes of at least 4 members (excludes halogenated alkanes) is 3. The number of alkyl carbamates (subject to hydrolysis) is 1. The molecule has 1 rings (SSSR count). The average molecular weight is 450 g/mol. The van der Waals surface area contributed by atoms with Gasteiger partial charge in [-0.3, -0.25) is 9.63 Å². The van der Waals surface area contributed by atoms with Crippen molar-refractivity contribution in [3.05, 3.63) is 35.9 Å². The van der Waals surface area contributed by atoms with Gasteiger partial charge in [-0.1, -0.05) is 62.9 Å². The monoisotopic (exact) mass is 449 g/mol. The maximum absolute atomic E-state index is 13.4. The molecule has 32 heavy (non-hydrogen) atoms. The Bertz CT molecular complexity index is 659. The van der Waals surface area contributed by atoms with Crippen molar-refractivity contribution in [3.63, 3.8) is 0 Å². The number of ether oxygens (including phenoxy) is 1. The molecule has 0 saturated carbocycles. The summed E-state index contributed by atoms with van der Waals surface area (Å²) in [5, 5.41) is 4.20. The highest BCUT2D eigenvalue weighted by Crippen LogP contribution is 2.13. The Morgan fingerprint density at radius 3 is 2.28 bits per heavy atom. The van der Waals surface area contributed by atoms with Gasteiger partial charge in [0.05, 0.1) is 0 Å². The van der Waals surface area contributed by atoms with Gasteiger partial charge in [-0.2, -0.15) is 0 Å². The van der Waals surface area contributed by atoms with E-state index in [1.165, 1.54) is 5.06 Å². The van der Waals surface area contributed by atoms with E-state index in [1.807, 2.05) is 44.4 Å². The number of carbonyl (C=O) groups excluding carboxylic acids is 2. The lowest BCUT2D eigenvalue weighted by Crippen LogP contribution is -2.50. The molecule has 1 N–H and O–H groups in total. The van der Waals surface area contributed by atoms with Crippen LogP contribution in [-0.2, 0) is 21.0 Å². The number of hydroxylamine groups is 2. The molecule has 1 aromatic rings. The number of rotatable bonds is 14. The zero-order valence-corrected chi connectivity index (χ0v) is 20.9. The number of hydrogen-bond donors (Lipinski definition) is 1. The first-order valence-corrected chi connectivity index (χ1v) is 11.7. The van der Waals surface area contributed by atoms with Gasteiger partial charge in [0.15, 0.2) is 0 Å². The minimum absolute atomic E-state index is 0.234. The Labute approximate surface area is 194 Å². The summed E-state index contributed by atoms with van der Waals surface area (Å²) in [5.41, 5.74) is 0.354. The van der Waals surface area contributed by atoms with Gasteiger partial charge < -0.3 is 15.0 Å². The fraction of sp³-hybridized carbons (Fsp3) is 0.680. The van der Waals surface area contributed by atoms with Crippen LogP contribution in [0.5, 0.6) is 0 Å². The summed E-state index contributed by atoms with van der Waals surface area (Å²) < 4.78 is 5.40. The third kappa shape index (κ3) is 12.7. The van der Waals surface area contributed by atoms with Crippen molar-refractivity contribution in [2.75, 3.05) is 27.2 Å². The van der Waals surface area contributed by atoms with E-state index in [9.17, 15) is 9.59 Å². The quantitative estimate of drug-likeness (QED) is 0.327. The van der Waals surface area contributed by atoms with Crippen molar-refractivity contribution in [2.45, 2.75) is 84.5 Å². The molecule has 1 unspecified atom stereocenters. The van der Waals surface area contributed by atoms with Crippen molar-refractivity contribution in [2.24, 2.45) is 0 Å². The topological polar surface area (TPSA) is 71.1 Å². The zero-order valence-electron chi connectivity index (χ0n) is 20.9. The smallest absolute Gasteiger partial charge is 0.408 e. The van der Waals surface area contributed by atoms with Crippen molar-refractivity contribution in [1.29, 1.82) is 0 Å². The zero-order chi connectivity index (χ0) is 24.0. The molecule has 0 bridgehead atoms. The summed E-state index contributed by atoms with van der Waals surface area (Å²) in [7, 11) is 4.00. The third-order valence-corrected chi connectivity index (χ3v) is 4.78. The van der Waals surface area contributed by atoms with Gasteiger partial charge >= 0.3 is 6.09 Å². The van der Waals surface area contributed by atoms with Crippen molar-refractivity contribution in [1.82, 2.24) is 15.3 Å². The molecule has 0 heterocycles. The van der Waals surface area contributed by atoms with Crippen LogP contribution < -0.4 is 5.32 Å². The number of amides is 2. The van der Waals surface area contributed by atoms with Gasteiger partial charge in [-0.15, -0.1) is 0 Å². The molecule has 2 amide bonds. The van der Waals surface area contributed by atoms with Crippen LogP contribution in [0.2, 0.25) is 0 Å². The van der Waals surface area contributed by atoms with E-state index in [2.05, 4.69) is 17.1 Å². The number of nitrogens with one attached hydrogen (secondary N) is 1. The van der Waals surface area contributed by atoms with E-state index in [-0.39, 0.29) is 5.91 Å². The first-order chi connectivity index (χ1) is 15.1. The second-order valence-corrected chi connectivity index (χ2v) is 9.40. The van der Waals surface area contributed by atoms with Crippen molar-refractivity contribution >= 4 is 12.0 Å². The molecule has 1 aromatic carbocycles. The summed E-state index contributed by atoms with van der Waals surface area (Å²) in [5.74, 6) is -0.234. The highest BCUT2D eigenvalue weighted by molar-refractivity contribution is 5.85. The maximum Gasteiger partial charge on any atom is 0.408 e. The van der Waals surface area contributed by atoms with Crippen LogP contribution in [0, 0.1) is 0 Å². The fourth-order valence-electron chi connectivity index (χ4n) is 3.15. The molecule has 0 fully saturated rings. The lowest BCUT2D eigenvalue weighted by Gasteiger charge is -2.28. The van der Waals surface area contributed by atoms with Crippen LogP contribution in [0.1, 0.15) is 71.8 Å². The predicted molar refractivity (Wildman–Crippen MR) is 128 cm³/mol. The van der Waals surface area contributed by atoms with Gasteiger partial charge in [0.2, 0.25) is 0 Å². The summed E-state index contributed by atoms with van der Waals surface area (Å²) in [4.78, 5) is 33.8. The first kappa shape index (κ1) is 27.9. The standard InChI is InChI=1S/C25H43N3O4/c1-7-8-9-13-17-22(26-24(30)32-25(2,3)4)23(29)28(19-14-18-27(5)6)31-20-21-15-11-10-12-16-21/h10-12,15-16,22H,7-9,13-14,17-20H2,1-6H3,(H,26,30). The summed E-state index contributed by atoms with van der Waals surface area (Å²) in [6.45, 7) is 9.14. The second kappa shape index (κ2) is 14.9. The van der Waals surface area contributed by atoms with Crippen LogP contribution in [-0.4, -0.2) is 60.8 Å². The molecular formula is C25H43N3O4. The minimum atomic E-state index is -0.683. The largest absolute Gasteiger partial charge is 0.444 e. The minimum Gasteiger partial charge on any atom is -0.444 e. The molecule has 0 aliphatic heterocycles. The summed E-state index contributed by atoms with van der Waals surface area (Å²) >= 11 is 0. The number of nitrogens with zero attached hydrogens (tertiary/aromatic N) is 2. The van der Waals surface area contributed by atoms with Crippen LogP contribution >= 0.6 is 0 Å². The Kier molecular flexibility index (Phi) is 13.0. The van der Waals surface area contributed by atoms with Gasteiger partial charge in [-0.05, 0) is 59.8 Å². The molecule has 0 saturated heterocycles. The van der Waals surface area contributed by atoms with Crippen LogP contribution in [0.4, 0.5) is 4.79 Å². The number of hydrogen-bond acceptors (Lipinski definition) is 5. The molecule has 0 aromatic heterocycles. The molecule has 7 nitrogen and oxygen atoms in total. The second-order valence-electron chi connectivity index (χ2n) is 9.40. The molecule has 0 aliphatic rings. The lowest BCUT2D eigenvalue weighted by atomic mass is 10.1. The average Bonchev–Trinajstić information content (AvgIpc) is 2.71. The number of benzene rings is 1. The van der Waals surface area contributed by atoms with Crippen molar-refractivity contribution < 1.29 is 19.2 Å². The predicted octanol–water partition coefficient (Wildman–Crippen LogP) is 4.76. The normalized spacial score (nSPS) is 12.5. The lowest BCUT2D eigenvalue weighted by molar-refractivity contribution is -0.194. The van der Waals surface area contributed by atoms with E-state index in [4.69, 9.17) is 9.57 Å². The molecule has 0 radical (unpaired) electrons. The maximum atomic E-state index is 13.4. The molecule has 182 valence electrons. The van der Waals surface area contributed by atoms with E-state index in [1.54, 1.807) is 20.8 Å². The van der Waals surface area contributed by atoms with Crippen LogP contribution in [0.3, 0.4) is 0 Å².